The van der Waals surface area contributed by atoms with Crippen LogP contribution < -0.4 is 9.62 Å². The van der Waals surface area contributed by atoms with E-state index in [1.165, 1.54) is 29.8 Å². The first-order valence-corrected chi connectivity index (χ1v) is 14.8. The summed E-state index contributed by atoms with van der Waals surface area (Å²) in [6.45, 7) is 5.58. The fourth-order valence-electron chi connectivity index (χ4n) is 5.11. The molecule has 1 aliphatic rings. The van der Waals surface area contributed by atoms with Gasteiger partial charge in [0.05, 0.1) is 11.9 Å². The monoisotopic (exact) mass is 540 g/mol. The minimum Gasteiger partial charge on any atom is -0.371 e. The average molecular weight is 541 g/mol. The molecule has 1 fully saturated rings. The van der Waals surface area contributed by atoms with E-state index in [1.807, 2.05) is 12.1 Å². The molecule has 0 amide bonds. The van der Waals surface area contributed by atoms with Crippen LogP contribution in [0.1, 0.15) is 60.3 Å². The van der Waals surface area contributed by atoms with Crippen LogP contribution in [0.4, 0.5) is 20.2 Å². The lowest BCUT2D eigenvalue weighted by atomic mass is 9.88. The predicted octanol–water partition coefficient (Wildman–Crippen LogP) is 6.33. The van der Waals surface area contributed by atoms with E-state index in [1.54, 1.807) is 13.0 Å². The first kappa shape index (κ1) is 27.8. The number of piperidine rings is 1. The Bertz CT molecular complexity index is 1400. The Balaban J connectivity index is 1.40. The Morgan fingerprint density at radius 3 is 2.34 bits per heavy atom. The van der Waals surface area contributed by atoms with Crippen LogP contribution in [0, 0.1) is 18.6 Å². The van der Waals surface area contributed by atoms with E-state index in [2.05, 4.69) is 34.7 Å². The maximum Gasteiger partial charge on any atom is 0.229 e. The highest BCUT2D eigenvalue weighted by molar-refractivity contribution is 7.92. The molecule has 1 saturated heterocycles. The van der Waals surface area contributed by atoms with Crippen molar-refractivity contribution >= 4 is 27.2 Å². The van der Waals surface area contributed by atoms with Gasteiger partial charge in [0.1, 0.15) is 17.4 Å². The lowest BCUT2D eigenvalue weighted by molar-refractivity contribution is -0.120. The zero-order chi connectivity index (χ0) is 27.4. The Kier molecular flexibility index (Phi) is 8.51. The maximum absolute atomic E-state index is 14.4. The third-order valence-electron chi connectivity index (χ3n) is 7.33. The van der Waals surface area contributed by atoms with Gasteiger partial charge < -0.3 is 4.90 Å². The highest BCUT2D eigenvalue weighted by atomic mass is 32.2. The lowest BCUT2D eigenvalue weighted by Gasteiger charge is -2.35. The van der Waals surface area contributed by atoms with E-state index in [9.17, 15) is 22.0 Å². The van der Waals surface area contributed by atoms with Crippen molar-refractivity contribution < 1.29 is 22.0 Å². The van der Waals surface area contributed by atoms with Gasteiger partial charge in [-0.1, -0.05) is 37.3 Å². The van der Waals surface area contributed by atoms with Crippen LogP contribution in [-0.2, 0) is 21.2 Å². The van der Waals surface area contributed by atoms with Gasteiger partial charge >= 0.3 is 0 Å². The van der Waals surface area contributed by atoms with Gasteiger partial charge in [-0.2, -0.15) is 0 Å². The zero-order valence-electron chi connectivity index (χ0n) is 22.0. The van der Waals surface area contributed by atoms with Crippen LogP contribution in [0.5, 0.6) is 0 Å². The Morgan fingerprint density at radius 2 is 1.71 bits per heavy atom. The molecule has 202 valence electrons. The quantitative estimate of drug-likeness (QED) is 0.344. The highest BCUT2D eigenvalue weighted by Gasteiger charge is 2.23. The Hall–Kier alpha value is -3.26. The van der Waals surface area contributed by atoms with E-state index in [0.717, 1.165) is 49.0 Å². The van der Waals surface area contributed by atoms with E-state index < -0.39 is 21.8 Å². The van der Waals surface area contributed by atoms with Crippen molar-refractivity contribution in [2.45, 2.75) is 51.4 Å². The molecule has 1 heterocycles. The molecule has 38 heavy (non-hydrogen) atoms. The molecule has 5 nitrogen and oxygen atoms in total. The van der Waals surface area contributed by atoms with Gasteiger partial charge in [-0.3, -0.25) is 9.52 Å². The molecule has 0 aliphatic carbocycles. The molecule has 1 atom stereocenters. The predicted molar refractivity (Wildman–Crippen MR) is 148 cm³/mol. The number of nitrogens with one attached hydrogen (secondary N) is 1. The number of nitrogens with zero attached hydrogens (tertiary/aromatic N) is 1. The minimum absolute atomic E-state index is 0.00485. The molecule has 0 radical (unpaired) electrons. The molecule has 4 rings (SSSR count). The number of rotatable bonds is 9. The lowest BCUT2D eigenvalue weighted by Crippen LogP contribution is -2.33. The van der Waals surface area contributed by atoms with Crippen LogP contribution in [0.15, 0.2) is 60.7 Å². The van der Waals surface area contributed by atoms with Crippen LogP contribution >= 0.6 is 0 Å². The molecule has 0 aromatic heterocycles. The number of Topliss-reactive ketones (excluding diaryl/α,β-unsaturated/α-hetero) is 1. The van der Waals surface area contributed by atoms with Crippen molar-refractivity contribution in [1.82, 2.24) is 0 Å². The standard InChI is InChI=1S/C30H34F2N2O3S/c1-20-4-5-24(29(18-20)34-16-14-23(15-17-34)22-6-10-26(31)11-7-22)9-13-30(35)21(2)25-8-12-28(27(32)19-25)33-38(3,36)37/h4-8,10-12,18-19,21,23,33H,9,13-17H2,1-3H3. The summed E-state index contributed by atoms with van der Waals surface area (Å²) in [5.74, 6) is -1.04. The number of anilines is 2. The molecular weight excluding hydrogens is 506 g/mol. The Labute approximate surface area is 223 Å². The normalized spacial score (nSPS) is 15.3. The van der Waals surface area contributed by atoms with E-state index in [4.69, 9.17) is 0 Å². The molecule has 3 aromatic rings. The summed E-state index contributed by atoms with van der Waals surface area (Å²) in [7, 11) is -3.60. The SMILES string of the molecule is Cc1ccc(CCC(=O)C(C)c2ccc(NS(C)(=O)=O)c(F)c2)c(N2CCC(c3ccc(F)cc3)CC2)c1. The summed E-state index contributed by atoms with van der Waals surface area (Å²) >= 11 is 0. The second-order valence-corrected chi connectivity index (χ2v) is 12.0. The van der Waals surface area contributed by atoms with E-state index >= 15 is 0 Å². The average Bonchev–Trinajstić information content (AvgIpc) is 2.88. The maximum atomic E-state index is 14.4. The fourth-order valence-corrected chi connectivity index (χ4v) is 5.68. The molecule has 3 aromatic carbocycles. The molecule has 1 unspecified atom stereocenters. The highest BCUT2D eigenvalue weighted by Crippen LogP contribution is 2.33. The number of halogens is 2. The number of hydrogen-bond acceptors (Lipinski definition) is 4. The first-order valence-electron chi connectivity index (χ1n) is 12.9. The van der Waals surface area contributed by atoms with Crippen molar-refractivity contribution in [2.75, 3.05) is 29.0 Å². The first-order chi connectivity index (χ1) is 18.0. The smallest absolute Gasteiger partial charge is 0.229 e. The van der Waals surface area contributed by atoms with Crippen molar-refractivity contribution in [3.05, 3.63) is 94.6 Å². The summed E-state index contributed by atoms with van der Waals surface area (Å²) < 4.78 is 52.7. The second kappa shape index (κ2) is 11.6. The van der Waals surface area contributed by atoms with Gasteiger partial charge in [0, 0.05) is 31.1 Å². The summed E-state index contributed by atoms with van der Waals surface area (Å²) in [6, 6.07) is 17.3. The minimum atomic E-state index is -3.60. The van der Waals surface area contributed by atoms with E-state index in [0.29, 0.717) is 24.3 Å². The molecular formula is C30H34F2N2O3S. The van der Waals surface area contributed by atoms with Crippen LogP contribution in [0.3, 0.4) is 0 Å². The Morgan fingerprint density at radius 1 is 1.03 bits per heavy atom. The number of carbonyl (C=O) groups is 1. The molecule has 8 heteroatoms. The number of sulfonamides is 1. The molecule has 1 N–H and O–H groups in total. The van der Waals surface area contributed by atoms with Crippen LogP contribution in [0.2, 0.25) is 0 Å². The van der Waals surface area contributed by atoms with Gasteiger partial charge in [-0.15, -0.1) is 0 Å². The van der Waals surface area contributed by atoms with Gasteiger partial charge in [0.2, 0.25) is 10.0 Å². The van der Waals surface area contributed by atoms with Gasteiger partial charge in [0.25, 0.3) is 0 Å². The topological polar surface area (TPSA) is 66.5 Å². The number of hydrogen-bond donors (Lipinski definition) is 1. The molecule has 0 bridgehead atoms. The third-order valence-corrected chi connectivity index (χ3v) is 7.92. The van der Waals surface area contributed by atoms with E-state index in [-0.39, 0.29) is 17.3 Å². The summed E-state index contributed by atoms with van der Waals surface area (Å²) in [5.41, 5.74) is 4.96. The zero-order valence-corrected chi connectivity index (χ0v) is 22.8. The van der Waals surface area contributed by atoms with Gasteiger partial charge in [0.15, 0.2) is 0 Å². The van der Waals surface area contributed by atoms with Crippen molar-refractivity contribution in [3.8, 4) is 0 Å². The number of aryl methyl sites for hydroxylation is 2. The van der Waals surface area contributed by atoms with Crippen molar-refractivity contribution in [1.29, 1.82) is 0 Å². The van der Waals surface area contributed by atoms with Crippen molar-refractivity contribution in [3.63, 3.8) is 0 Å². The summed E-state index contributed by atoms with van der Waals surface area (Å²) in [5, 5.41) is 0. The number of benzene rings is 3. The summed E-state index contributed by atoms with van der Waals surface area (Å²) in [6.07, 6.45) is 3.80. The number of carbonyl (C=O) groups excluding carboxylic acids is 1. The van der Waals surface area contributed by atoms with Crippen LogP contribution in [-0.4, -0.2) is 33.5 Å². The van der Waals surface area contributed by atoms with Gasteiger partial charge in [-0.25, -0.2) is 17.2 Å². The number of ketones is 1. The molecule has 0 spiro atoms. The fraction of sp³-hybridized carbons (Fsp3) is 0.367. The summed E-state index contributed by atoms with van der Waals surface area (Å²) in [4.78, 5) is 15.4. The van der Waals surface area contributed by atoms with Gasteiger partial charge in [-0.05, 0) is 84.7 Å². The largest absolute Gasteiger partial charge is 0.371 e. The van der Waals surface area contributed by atoms with Crippen LogP contribution in [0.25, 0.3) is 0 Å². The molecule has 1 aliphatic heterocycles. The van der Waals surface area contributed by atoms with Crippen molar-refractivity contribution in [2.24, 2.45) is 0 Å². The molecule has 0 saturated carbocycles. The third kappa shape index (κ3) is 6.98. The second-order valence-electron chi connectivity index (χ2n) is 10.2.